The van der Waals surface area contributed by atoms with E-state index in [4.69, 9.17) is 17.3 Å². The van der Waals surface area contributed by atoms with Crippen LogP contribution in [0.1, 0.15) is 36.0 Å². The normalized spacial score (nSPS) is 23.5. The van der Waals surface area contributed by atoms with Crippen LogP contribution in [0.15, 0.2) is 18.2 Å². The Balaban J connectivity index is 1.55. The highest BCUT2D eigenvalue weighted by molar-refractivity contribution is 6.34. The molecule has 2 fully saturated rings. The van der Waals surface area contributed by atoms with Crippen molar-refractivity contribution in [2.45, 2.75) is 31.7 Å². The smallest absolute Gasteiger partial charge is 0.255 e. The highest BCUT2D eigenvalue weighted by atomic mass is 35.5. The van der Waals surface area contributed by atoms with E-state index >= 15 is 0 Å². The third-order valence-electron chi connectivity index (χ3n) is 4.97. The first-order valence-corrected chi connectivity index (χ1v) is 9.28. The lowest BCUT2D eigenvalue weighted by molar-refractivity contribution is -0.123. The first-order valence-electron chi connectivity index (χ1n) is 8.90. The zero-order valence-corrected chi connectivity index (χ0v) is 15.0. The molecule has 1 aromatic rings. The Bertz CT molecular complexity index is 646. The molecule has 2 unspecified atom stereocenters. The molecule has 136 valence electrons. The fourth-order valence-corrected chi connectivity index (χ4v) is 3.84. The van der Waals surface area contributed by atoms with Gasteiger partial charge in [-0.2, -0.15) is 0 Å². The van der Waals surface area contributed by atoms with Crippen molar-refractivity contribution in [3.63, 3.8) is 0 Å². The summed E-state index contributed by atoms with van der Waals surface area (Å²) in [4.78, 5) is 26.7. The standard InChI is InChI=1S/C18H25ClN4O2/c19-15-9-13(20)5-6-14(15)18(25)23-8-2-3-12(11-23)10-22-17(24)16-4-1-7-21-16/h5-6,9,12,16,21H,1-4,7-8,10-11,20H2,(H,22,24). The van der Waals surface area contributed by atoms with Crippen molar-refractivity contribution in [3.05, 3.63) is 28.8 Å². The molecule has 0 bridgehead atoms. The van der Waals surface area contributed by atoms with Crippen LogP contribution in [0.4, 0.5) is 5.69 Å². The van der Waals surface area contributed by atoms with Gasteiger partial charge in [0.25, 0.3) is 5.91 Å². The minimum atomic E-state index is -0.0708. The third kappa shape index (κ3) is 4.44. The summed E-state index contributed by atoms with van der Waals surface area (Å²) in [5.74, 6) is 0.275. The molecule has 2 aliphatic rings. The summed E-state index contributed by atoms with van der Waals surface area (Å²) in [6.07, 6.45) is 3.89. The number of piperidine rings is 1. The van der Waals surface area contributed by atoms with Gasteiger partial charge in [0.2, 0.25) is 5.91 Å². The number of likely N-dealkylation sites (tertiary alicyclic amines) is 1. The van der Waals surface area contributed by atoms with Crippen LogP contribution in [-0.2, 0) is 4.79 Å². The molecule has 2 aliphatic heterocycles. The van der Waals surface area contributed by atoms with Crippen LogP contribution in [0.2, 0.25) is 5.02 Å². The number of nitrogens with one attached hydrogen (secondary N) is 2. The summed E-state index contributed by atoms with van der Waals surface area (Å²) < 4.78 is 0. The molecular weight excluding hydrogens is 340 g/mol. The Morgan fingerprint density at radius 1 is 1.32 bits per heavy atom. The monoisotopic (exact) mass is 364 g/mol. The van der Waals surface area contributed by atoms with E-state index in [0.717, 1.165) is 32.2 Å². The summed E-state index contributed by atoms with van der Waals surface area (Å²) in [5.41, 5.74) is 6.72. The second-order valence-electron chi connectivity index (χ2n) is 6.89. The largest absolute Gasteiger partial charge is 0.399 e. The number of anilines is 1. The number of halogens is 1. The van der Waals surface area contributed by atoms with Crippen molar-refractivity contribution in [2.24, 2.45) is 5.92 Å². The van der Waals surface area contributed by atoms with Gasteiger partial charge in [0.05, 0.1) is 16.6 Å². The molecule has 2 heterocycles. The predicted octanol–water partition coefficient (Wildman–Crippen LogP) is 1.64. The number of hydrogen-bond acceptors (Lipinski definition) is 4. The predicted molar refractivity (Wildman–Crippen MR) is 98.5 cm³/mol. The molecule has 0 saturated carbocycles. The molecule has 1 aromatic carbocycles. The molecule has 3 rings (SSSR count). The zero-order valence-electron chi connectivity index (χ0n) is 14.3. The summed E-state index contributed by atoms with van der Waals surface area (Å²) in [5, 5.41) is 6.61. The van der Waals surface area contributed by atoms with Crippen LogP contribution in [-0.4, -0.2) is 48.9 Å². The Hall–Kier alpha value is -1.79. The Kier molecular flexibility index (Phi) is 5.81. The van der Waals surface area contributed by atoms with Gasteiger partial charge in [-0.3, -0.25) is 9.59 Å². The molecule has 7 heteroatoms. The number of benzene rings is 1. The Morgan fingerprint density at radius 3 is 2.88 bits per heavy atom. The van der Waals surface area contributed by atoms with Crippen LogP contribution in [0, 0.1) is 5.92 Å². The average molecular weight is 365 g/mol. The van der Waals surface area contributed by atoms with E-state index in [9.17, 15) is 9.59 Å². The van der Waals surface area contributed by atoms with Crippen molar-refractivity contribution >= 4 is 29.1 Å². The highest BCUT2D eigenvalue weighted by Crippen LogP contribution is 2.24. The van der Waals surface area contributed by atoms with Crippen molar-refractivity contribution in [1.82, 2.24) is 15.5 Å². The number of carbonyl (C=O) groups excluding carboxylic acids is 2. The van der Waals surface area contributed by atoms with Crippen molar-refractivity contribution in [3.8, 4) is 0 Å². The second-order valence-corrected chi connectivity index (χ2v) is 7.30. The fourth-order valence-electron chi connectivity index (χ4n) is 3.57. The molecule has 0 spiro atoms. The van der Waals surface area contributed by atoms with Crippen LogP contribution in [0.5, 0.6) is 0 Å². The van der Waals surface area contributed by atoms with Gasteiger partial charge in [-0.1, -0.05) is 11.6 Å². The molecule has 0 aromatic heterocycles. The minimum absolute atomic E-state index is 0.0603. The van der Waals surface area contributed by atoms with Gasteiger partial charge >= 0.3 is 0 Å². The summed E-state index contributed by atoms with van der Waals surface area (Å²) in [7, 11) is 0. The Morgan fingerprint density at radius 2 is 2.16 bits per heavy atom. The van der Waals surface area contributed by atoms with Gasteiger partial charge in [-0.15, -0.1) is 0 Å². The molecule has 2 atom stereocenters. The van der Waals surface area contributed by atoms with Crippen molar-refractivity contribution < 1.29 is 9.59 Å². The number of nitrogens with two attached hydrogens (primary N) is 1. The zero-order chi connectivity index (χ0) is 17.8. The van der Waals surface area contributed by atoms with E-state index in [0.29, 0.717) is 35.9 Å². The van der Waals surface area contributed by atoms with Gasteiger partial charge in [0, 0.05) is 25.3 Å². The van der Waals surface area contributed by atoms with E-state index in [1.54, 1.807) is 18.2 Å². The molecule has 0 aliphatic carbocycles. The van der Waals surface area contributed by atoms with Crippen molar-refractivity contribution in [1.29, 1.82) is 0 Å². The van der Waals surface area contributed by atoms with Gasteiger partial charge in [-0.25, -0.2) is 0 Å². The summed E-state index contributed by atoms with van der Waals surface area (Å²) >= 11 is 6.16. The fraction of sp³-hybridized carbons (Fsp3) is 0.556. The maximum absolute atomic E-state index is 12.7. The lowest BCUT2D eigenvalue weighted by Crippen LogP contribution is -2.46. The third-order valence-corrected chi connectivity index (χ3v) is 5.28. The Labute approximate surface area is 153 Å². The minimum Gasteiger partial charge on any atom is -0.399 e. The molecule has 6 nitrogen and oxygen atoms in total. The quantitative estimate of drug-likeness (QED) is 0.709. The average Bonchev–Trinajstić information content (AvgIpc) is 3.14. The van der Waals surface area contributed by atoms with Crippen LogP contribution in [0.3, 0.4) is 0 Å². The number of rotatable bonds is 4. The van der Waals surface area contributed by atoms with E-state index in [1.807, 2.05) is 4.90 Å². The van der Waals surface area contributed by atoms with Crippen LogP contribution < -0.4 is 16.4 Å². The first kappa shape index (κ1) is 18.0. The molecule has 2 amide bonds. The maximum atomic E-state index is 12.7. The topological polar surface area (TPSA) is 87.5 Å². The number of hydrogen-bond donors (Lipinski definition) is 3. The van der Waals surface area contributed by atoms with Gasteiger partial charge in [-0.05, 0) is 56.3 Å². The number of amides is 2. The molecular formula is C18H25ClN4O2. The van der Waals surface area contributed by atoms with Gasteiger partial charge in [0.15, 0.2) is 0 Å². The van der Waals surface area contributed by atoms with E-state index < -0.39 is 0 Å². The lowest BCUT2D eigenvalue weighted by Gasteiger charge is -2.33. The summed E-state index contributed by atoms with van der Waals surface area (Å²) in [6, 6.07) is 4.91. The maximum Gasteiger partial charge on any atom is 0.255 e. The van der Waals surface area contributed by atoms with Crippen LogP contribution in [0.25, 0.3) is 0 Å². The molecule has 2 saturated heterocycles. The summed E-state index contributed by atoms with van der Waals surface area (Å²) in [6.45, 7) is 2.87. The van der Waals surface area contributed by atoms with Crippen LogP contribution >= 0.6 is 11.6 Å². The second kappa shape index (κ2) is 8.06. The molecule has 25 heavy (non-hydrogen) atoms. The first-order chi connectivity index (χ1) is 12.0. The lowest BCUT2D eigenvalue weighted by atomic mass is 9.97. The van der Waals surface area contributed by atoms with Gasteiger partial charge < -0.3 is 21.3 Å². The molecule has 0 radical (unpaired) electrons. The van der Waals surface area contributed by atoms with Gasteiger partial charge in [0.1, 0.15) is 0 Å². The van der Waals surface area contributed by atoms with E-state index in [-0.39, 0.29) is 23.8 Å². The number of nitrogens with zero attached hydrogens (tertiary/aromatic N) is 1. The van der Waals surface area contributed by atoms with E-state index in [2.05, 4.69) is 10.6 Å². The van der Waals surface area contributed by atoms with Crippen molar-refractivity contribution in [2.75, 3.05) is 31.9 Å². The highest BCUT2D eigenvalue weighted by Gasteiger charge is 2.27. The number of carbonyl (C=O) groups is 2. The molecule has 4 N–H and O–H groups in total. The number of nitrogen functional groups attached to an aromatic ring is 1. The SMILES string of the molecule is Nc1ccc(C(=O)N2CCCC(CNC(=O)C3CCCN3)C2)c(Cl)c1. The van der Waals surface area contributed by atoms with E-state index in [1.165, 1.54) is 0 Å².